The Bertz CT molecular complexity index is 731. The van der Waals surface area contributed by atoms with Gasteiger partial charge in [-0.25, -0.2) is 0 Å². The number of nitrogens with one attached hydrogen (secondary N) is 1. The molecule has 2 aromatic rings. The van der Waals surface area contributed by atoms with Gasteiger partial charge in [-0.3, -0.25) is 14.6 Å². The standard InChI is InChI=1S/C20H20N2O3/c1-25-18(23)13-21-20(24)16-12-17(16)22-19(14-8-4-2-5-9-14)15-10-6-3-7-11-15/h2-11,16-17H,12-13H2,1H3,(H,21,24)/t16-,17-/m0/s1. The van der Waals surface area contributed by atoms with E-state index in [0.29, 0.717) is 6.42 Å². The van der Waals surface area contributed by atoms with Crippen molar-refractivity contribution in [2.24, 2.45) is 10.9 Å². The minimum absolute atomic E-state index is 0.0620. The summed E-state index contributed by atoms with van der Waals surface area (Å²) in [6.45, 7) is -0.105. The predicted molar refractivity (Wildman–Crippen MR) is 95.4 cm³/mol. The van der Waals surface area contributed by atoms with Crippen LogP contribution in [0, 0.1) is 5.92 Å². The Balaban J connectivity index is 1.75. The van der Waals surface area contributed by atoms with Crippen molar-refractivity contribution in [1.29, 1.82) is 0 Å². The summed E-state index contributed by atoms with van der Waals surface area (Å²) in [5.74, 6) is -0.796. The van der Waals surface area contributed by atoms with Crippen LogP contribution in [0.3, 0.4) is 0 Å². The van der Waals surface area contributed by atoms with E-state index in [2.05, 4.69) is 10.1 Å². The maximum absolute atomic E-state index is 12.1. The van der Waals surface area contributed by atoms with Crippen LogP contribution in [0.25, 0.3) is 0 Å². The number of ether oxygens (including phenoxy) is 1. The van der Waals surface area contributed by atoms with Gasteiger partial charge in [-0.05, 0) is 6.42 Å². The molecule has 1 saturated carbocycles. The second kappa shape index (κ2) is 7.75. The zero-order valence-electron chi connectivity index (χ0n) is 14.0. The first-order valence-corrected chi connectivity index (χ1v) is 8.22. The van der Waals surface area contributed by atoms with Crippen molar-refractivity contribution in [2.75, 3.05) is 13.7 Å². The fourth-order valence-corrected chi connectivity index (χ4v) is 2.64. The van der Waals surface area contributed by atoms with E-state index in [4.69, 9.17) is 4.99 Å². The van der Waals surface area contributed by atoms with Gasteiger partial charge in [0, 0.05) is 11.1 Å². The Morgan fingerprint density at radius 3 is 2.12 bits per heavy atom. The van der Waals surface area contributed by atoms with Crippen LogP contribution in [-0.4, -0.2) is 37.3 Å². The number of carbonyl (C=O) groups excluding carboxylic acids is 2. The van der Waals surface area contributed by atoms with Crippen molar-refractivity contribution in [1.82, 2.24) is 5.32 Å². The Morgan fingerprint density at radius 1 is 1.04 bits per heavy atom. The first kappa shape index (κ1) is 16.9. The normalized spacial score (nSPS) is 18.1. The van der Waals surface area contributed by atoms with E-state index in [1.165, 1.54) is 7.11 Å². The number of aliphatic imine (C=N–C) groups is 1. The summed E-state index contributed by atoms with van der Waals surface area (Å²) >= 11 is 0. The third kappa shape index (κ3) is 4.32. The Morgan fingerprint density at radius 2 is 1.60 bits per heavy atom. The number of rotatable bonds is 6. The summed E-state index contributed by atoms with van der Waals surface area (Å²) in [5.41, 5.74) is 2.93. The molecule has 5 heteroatoms. The van der Waals surface area contributed by atoms with Gasteiger partial charge in [0.25, 0.3) is 0 Å². The van der Waals surface area contributed by atoms with Crippen LogP contribution in [0.5, 0.6) is 0 Å². The molecule has 0 bridgehead atoms. The van der Waals surface area contributed by atoms with Crippen molar-refractivity contribution in [3.05, 3.63) is 71.8 Å². The van der Waals surface area contributed by atoms with E-state index >= 15 is 0 Å². The number of benzene rings is 2. The Kier molecular flexibility index (Phi) is 5.23. The number of hydrogen-bond acceptors (Lipinski definition) is 4. The molecule has 0 radical (unpaired) electrons. The molecule has 3 rings (SSSR count). The first-order valence-electron chi connectivity index (χ1n) is 8.22. The van der Waals surface area contributed by atoms with E-state index in [9.17, 15) is 9.59 Å². The lowest BCUT2D eigenvalue weighted by Gasteiger charge is -2.08. The molecule has 1 fully saturated rings. The number of amides is 1. The van der Waals surface area contributed by atoms with Crippen LogP contribution < -0.4 is 5.32 Å². The second-order valence-corrected chi connectivity index (χ2v) is 5.91. The van der Waals surface area contributed by atoms with Gasteiger partial charge in [-0.2, -0.15) is 0 Å². The lowest BCUT2D eigenvalue weighted by atomic mass is 10.0. The summed E-state index contributed by atoms with van der Waals surface area (Å²) in [6, 6.07) is 19.8. The van der Waals surface area contributed by atoms with Crippen LogP contribution in [0.15, 0.2) is 65.7 Å². The number of esters is 1. The average molecular weight is 336 g/mol. The van der Waals surface area contributed by atoms with E-state index in [0.717, 1.165) is 16.8 Å². The van der Waals surface area contributed by atoms with Crippen molar-refractivity contribution in [3.63, 3.8) is 0 Å². The molecule has 2 atom stereocenters. The van der Waals surface area contributed by atoms with Gasteiger partial charge >= 0.3 is 5.97 Å². The molecule has 0 unspecified atom stereocenters. The van der Waals surface area contributed by atoms with Gasteiger partial charge in [-0.15, -0.1) is 0 Å². The lowest BCUT2D eigenvalue weighted by Crippen LogP contribution is -2.32. The largest absolute Gasteiger partial charge is 0.468 e. The van der Waals surface area contributed by atoms with Gasteiger partial charge in [0.2, 0.25) is 5.91 Å². The molecule has 1 amide bonds. The predicted octanol–water partition coefficient (Wildman–Crippen LogP) is 2.20. The molecule has 5 nitrogen and oxygen atoms in total. The minimum Gasteiger partial charge on any atom is -0.468 e. The fraction of sp³-hybridized carbons (Fsp3) is 0.250. The third-order valence-electron chi connectivity index (χ3n) is 4.12. The van der Waals surface area contributed by atoms with Gasteiger partial charge < -0.3 is 10.1 Å². The monoisotopic (exact) mass is 336 g/mol. The third-order valence-corrected chi connectivity index (χ3v) is 4.12. The molecule has 25 heavy (non-hydrogen) atoms. The van der Waals surface area contributed by atoms with Gasteiger partial charge in [0.1, 0.15) is 6.54 Å². The van der Waals surface area contributed by atoms with Crippen LogP contribution in [-0.2, 0) is 14.3 Å². The molecule has 0 aliphatic heterocycles. The zero-order valence-corrected chi connectivity index (χ0v) is 14.0. The summed E-state index contributed by atoms with van der Waals surface area (Å²) in [7, 11) is 1.30. The quantitative estimate of drug-likeness (QED) is 0.649. The average Bonchev–Trinajstić information content (AvgIpc) is 3.44. The number of carbonyl (C=O) groups is 2. The summed E-state index contributed by atoms with van der Waals surface area (Å²) in [6.07, 6.45) is 0.691. The highest BCUT2D eigenvalue weighted by molar-refractivity contribution is 6.13. The molecule has 1 aliphatic rings. The molecule has 0 aromatic heterocycles. The highest BCUT2D eigenvalue weighted by atomic mass is 16.5. The maximum atomic E-state index is 12.1. The van der Waals surface area contributed by atoms with Gasteiger partial charge in [-0.1, -0.05) is 60.7 Å². The molecular weight excluding hydrogens is 316 g/mol. The molecule has 1 aliphatic carbocycles. The second-order valence-electron chi connectivity index (χ2n) is 5.91. The van der Waals surface area contributed by atoms with E-state index in [1.54, 1.807) is 0 Å². The van der Waals surface area contributed by atoms with Crippen LogP contribution in [0.1, 0.15) is 17.5 Å². The Labute approximate surface area is 146 Å². The topological polar surface area (TPSA) is 67.8 Å². The highest BCUT2D eigenvalue weighted by Gasteiger charge is 2.43. The van der Waals surface area contributed by atoms with E-state index in [1.807, 2.05) is 60.7 Å². The SMILES string of the molecule is COC(=O)CNC(=O)[C@H]1C[C@@H]1N=C(c1ccccc1)c1ccccc1. The van der Waals surface area contributed by atoms with Crippen LogP contribution in [0.4, 0.5) is 0 Å². The smallest absolute Gasteiger partial charge is 0.325 e. The van der Waals surface area contributed by atoms with Gasteiger partial charge in [0.15, 0.2) is 0 Å². The molecule has 1 N–H and O–H groups in total. The lowest BCUT2D eigenvalue weighted by molar-refractivity contribution is -0.141. The van der Waals surface area contributed by atoms with Crippen molar-refractivity contribution < 1.29 is 14.3 Å². The number of hydrogen-bond donors (Lipinski definition) is 1. The molecule has 128 valence electrons. The minimum atomic E-state index is -0.455. The van der Waals surface area contributed by atoms with Gasteiger partial charge in [0.05, 0.1) is 24.8 Å². The van der Waals surface area contributed by atoms with Crippen molar-refractivity contribution in [3.8, 4) is 0 Å². The summed E-state index contributed by atoms with van der Waals surface area (Å²) in [5, 5.41) is 2.60. The fourth-order valence-electron chi connectivity index (χ4n) is 2.64. The van der Waals surface area contributed by atoms with Crippen molar-refractivity contribution >= 4 is 17.6 Å². The molecule has 0 heterocycles. The molecule has 0 saturated heterocycles. The van der Waals surface area contributed by atoms with Crippen LogP contribution in [0.2, 0.25) is 0 Å². The summed E-state index contributed by atoms with van der Waals surface area (Å²) in [4.78, 5) is 28.0. The maximum Gasteiger partial charge on any atom is 0.325 e. The molecular formula is C20H20N2O3. The zero-order chi connectivity index (χ0) is 17.6. The Hall–Kier alpha value is -2.95. The summed E-state index contributed by atoms with van der Waals surface area (Å²) < 4.78 is 4.53. The van der Waals surface area contributed by atoms with E-state index < -0.39 is 5.97 Å². The molecule has 0 spiro atoms. The molecule has 2 aromatic carbocycles. The van der Waals surface area contributed by atoms with Crippen molar-refractivity contribution in [2.45, 2.75) is 12.5 Å². The van der Waals surface area contributed by atoms with E-state index in [-0.39, 0.29) is 24.4 Å². The van der Waals surface area contributed by atoms with Crippen LogP contribution >= 0.6 is 0 Å². The highest BCUT2D eigenvalue weighted by Crippen LogP contribution is 2.35. The number of nitrogens with zero attached hydrogens (tertiary/aromatic N) is 1. The number of methoxy groups -OCH3 is 1. The first-order chi connectivity index (χ1) is 12.2.